The number of furan rings is 1. The van der Waals surface area contributed by atoms with Crippen LogP contribution in [0.4, 0.5) is 0 Å². The Kier molecular flexibility index (Phi) is 11.2. The summed E-state index contributed by atoms with van der Waals surface area (Å²) in [6.07, 6.45) is 4.78. The van der Waals surface area contributed by atoms with E-state index in [1.807, 2.05) is 23.1 Å². The highest BCUT2D eigenvalue weighted by molar-refractivity contribution is 14.0. The van der Waals surface area contributed by atoms with Crippen molar-refractivity contribution in [2.45, 2.75) is 38.3 Å². The van der Waals surface area contributed by atoms with E-state index in [-0.39, 0.29) is 29.9 Å². The lowest BCUT2D eigenvalue weighted by atomic mass is 10.0. The molecule has 1 saturated heterocycles. The third-order valence-electron chi connectivity index (χ3n) is 4.93. The van der Waals surface area contributed by atoms with Gasteiger partial charge in [-0.25, -0.2) is 4.99 Å². The van der Waals surface area contributed by atoms with Crippen LogP contribution in [0.25, 0.3) is 0 Å². The standard InChI is InChI=1S/C21H30N4O3S.HI/c1-27-14-9-20(26)25-11-7-17(8-12-25)24-21(23-16-19-5-3-15-29-19)22-10-6-18-4-2-13-28-18;/h2-5,13,15,17H,6-12,14,16H2,1H3,(H2,22,23,24);1H. The van der Waals surface area contributed by atoms with Gasteiger partial charge in [-0.3, -0.25) is 4.79 Å². The quantitative estimate of drug-likeness (QED) is 0.287. The molecule has 3 heterocycles. The van der Waals surface area contributed by atoms with Crippen molar-refractivity contribution in [1.82, 2.24) is 15.5 Å². The topological polar surface area (TPSA) is 79.1 Å². The number of thiophene rings is 1. The highest BCUT2D eigenvalue weighted by atomic mass is 127. The maximum atomic E-state index is 12.2. The third-order valence-corrected chi connectivity index (χ3v) is 5.79. The van der Waals surface area contributed by atoms with Gasteiger partial charge in [0.15, 0.2) is 5.96 Å². The van der Waals surface area contributed by atoms with Crippen LogP contribution in [-0.2, 0) is 22.5 Å². The van der Waals surface area contributed by atoms with Gasteiger partial charge in [-0.05, 0) is 36.4 Å². The van der Waals surface area contributed by atoms with Crippen molar-refractivity contribution < 1.29 is 13.9 Å². The molecule has 166 valence electrons. The molecular formula is C21H31IN4O3S. The summed E-state index contributed by atoms with van der Waals surface area (Å²) in [5.74, 6) is 1.94. The SMILES string of the molecule is COCCC(=O)N1CCC(NC(=NCc2cccs2)NCCc2ccco2)CC1.I. The van der Waals surface area contributed by atoms with E-state index < -0.39 is 0 Å². The van der Waals surface area contributed by atoms with Crippen LogP contribution in [0.5, 0.6) is 0 Å². The molecule has 0 radical (unpaired) electrons. The number of nitrogens with one attached hydrogen (secondary N) is 2. The smallest absolute Gasteiger partial charge is 0.224 e. The van der Waals surface area contributed by atoms with Crippen molar-refractivity contribution in [3.05, 3.63) is 46.5 Å². The van der Waals surface area contributed by atoms with Gasteiger partial charge in [0.25, 0.3) is 0 Å². The number of piperidine rings is 1. The van der Waals surface area contributed by atoms with E-state index in [0.29, 0.717) is 25.6 Å². The Morgan fingerprint density at radius 3 is 2.83 bits per heavy atom. The van der Waals surface area contributed by atoms with Crippen molar-refractivity contribution in [3.63, 3.8) is 0 Å². The van der Waals surface area contributed by atoms with E-state index in [0.717, 1.165) is 50.6 Å². The number of nitrogens with zero attached hydrogens (tertiary/aromatic N) is 2. The van der Waals surface area contributed by atoms with E-state index in [4.69, 9.17) is 14.1 Å². The molecular weight excluding hydrogens is 515 g/mol. The minimum atomic E-state index is 0. The molecule has 1 amide bonds. The van der Waals surface area contributed by atoms with Crippen molar-refractivity contribution in [2.24, 2.45) is 4.99 Å². The van der Waals surface area contributed by atoms with Gasteiger partial charge in [-0.2, -0.15) is 0 Å². The van der Waals surface area contributed by atoms with Crippen LogP contribution < -0.4 is 10.6 Å². The molecule has 3 rings (SSSR count). The molecule has 7 nitrogen and oxygen atoms in total. The number of amides is 1. The second kappa shape index (κ2) is 13.7. The van der Waals surface area contributed by atoms with Crippen LogP contribution in [0.2, 0.25) is 0 Å². The summed E-state index contributed by atoms with van der Waals surface area (Å²) in [4.78, 5) is 20.1. The summed E-state index contributed by atoms with van der Waals surface area (Å²) in [7, 11) is 1.62. The zero-order valence-electron chi connectivity index (χ0n) is 17.3. The molecule has 2 N–H and O–H groups in total. The Balaban J connectivity index is 0.00000320. The van der Waals surface area contributed by atoms with Crippen LogP contribution in [-0.4, -0.2) is 56.2 Å². The van der Waals surface area contributed by atoms with Crippen molar-refractivity contribution in [2.75, 3.05) is 33.4 Å². The minimum Gasteiger partial charge on any atom is -0.469 e. The van der Waals surface area contributed by atoms with Crippen LogP contribution in [0.1, 0.15) is 29.9 Å². The number of ether oxygens (including phenoxy) is 1. The molecule has 30 heavy (non-hydrogen) atoms. The van der Waals surface area contributed by atoms with Crippen LogP contribution >= 0.6 is 35.3 Å². The van der Waals surface area contributed by atoms with Gasteiger partial charge >= 0.3 is 0 Å². The lowest BCUT2D eigenvalue weighted by Crippen LogP contribution is -2.50. The first-order chi connectivity index (χ1) is 14.2. The summed E-state index contributed by atoms with van der Waals surface area (Å²) in [6.45, 7) is 3.42. The Labute approximate surface area is 199 Å². The fourth-order valence-electron chi connectivity index (χ4n) is 3.29. The number of rotatable bonds is 9. The van der Waals surface area contributed by atoms with E-state index >= 15 is 0 Å². The van der Waals surface area contributed by atoms with E-state index in [9.17, 15) is 4.79 Å². The van der Waals surface area contributed by atoms with Crippen molar-refractivity contribution in [1.29, 1.82) is 0 Å². The number of guanidine groups is 1. The molecule has 2 aromatic rings. The van der Waals surface area contributed by atoms with Gasteiger partial charge in [0.2, 0.25) is 5.91 Å². The minimum absolute atomic E-state index is 0. The molecule has 0 spiro atoms. The second-order valence-electron chi connectivity index (χ2n) is 7.04. The maximum absolute atomic E-state index is 12.2. The predicted octanol–water partition coefficient (Wildman–Crippen LogP) is 3.26. The molecule has 0 saturated carbocycles. The zero-order chi connectivity index (χ0) is 20.3. The Bertz CT molecular complexity index is 744. The number of hydrogen-bond donors (Lipinski definition) is 2. The molecule has 0 atom stereocenters. The number of methoxy groups -OCH3 is 1. The highest BCUT2D eigenvalue weighted by Crippen LogP contribution is 2.13. The maximum Gasteiger partial charge on any atom is 0.224 e. The average molecular weight is 546 g/mol. The van der Waals surface area contributed by atoms with Gasteiger partial charge < -0.3 is 24.7 Å². The number of hydrogen-bond acceptors (Lipinski definition) is 5. The first kappa shape index (κ1) is 24.7. The number of halogens is 1. The summed E-state index contributed by atoms with van der Waals surface area (Å²) in [5, 5.41) is 9.04. The van der Waals surface area contributed by atoms with E-state index in [1.165, 1.54) is 4.88 Å². The lowest BCUT2D eigenvalue weighted by molar-refractivity contribution is -0.133. The number of carbonyl (C=O) groups excluding carboxylic acids is 1. The highest BCUT2D eigenvalue weighted by Gasteiger charge is 2.23. The first-order valence-corrected chi connectivity index (χ1v) is 11.0. The van der Waals surface area contributed by atoms with Crippen molar-refractivity contribution >= 4 is 47.2 Å². The zero-order valence-corrected chi connectivity index (χ0v) is 20.5. The number of likely N-dealkylation sites (tertiary alicyclic amines) is 1. The van der Waals surface area contributed by atoms with E-state index in [1.54, 1.807) is 24.7 Å². The fraction of sp³-hybridized carbons (Fsp3) is 0.524. The molecule has 1 fully saturated rings. The largest absolute Gasteiger partial charge is 0.469 e. The van der Waals surface area contributed by atoms with Crippen molar-refractivity contribution in [3.8, 4) is 0 Å². The van der Waals surface area contributed by atoms with Gasteiger partial charge in [0, 0.05) is 44.1 Å². The molecule has 0 aromatic carbocycles. The summed E-state index contributed by atoms with van der Waals surface area (Å²) in [6, 6.07) is 8.33. The molecule has 1 aliphatic rings. The number of aliphatic imine (C=N–C) groups is 1. The summed E-state index contributed by atoms with van der Waals surface area (Å²) < 4.78 is 10.4. The predicted molar refractivity (Wildman–Crippen MR) is 131 cm³/mol. The Hall–Kier alpha value is -1.59. The molecule has 0 bridgehead atoms. The molecule has 9 heteroatoms. The molecule has 2 aromatic heterocycles. The van der Waals surface area contributed by atoms with Crippen LogP contribution in [0.15, 0.2) is 45.3 Å². The molecule has 0 aliphatic carbocycles. The van der Waals surface area contributed by atoms with Gasteiger partial charge in [-0.15, -0.1) is 35.3 Å². The van der Waals surface area contributed by atoms with Gasteiger partial charge in [0.1, 0.15) is 5.76 Å². The fourth-order valence-corrected chi connectivity index (χ4v) is 3.91. The Morgan fingerprint density at radius 1 is 1.33 bits per heavy atom. The monoisotopic (exact) mass is 546 g/mol. The second-order valence-corrected chi connectivity index (χ2v) is 8.07. The summed E-state index contributed by atoms with van der Waals surface area (Å²) in [5.41, 5.74) is 0. The molecule has 0 unspecified atom stereocenters. The van der Waals surface area contributed by atoms with E-state index in [2.05, 4.69) is 22.1 Å². The van der Waals surface area contributed by atoms with Crippen LogP contribution in [0.3, 0.4) is 0 Å². The lowest BCUT2D eigenvalue weighted by Gasteiger charge is -2.33. The van der Waals surface area contributed by atoms with Crippen LogP contribution in [0, 0.1) is 0 Å². The van der Waals surface area contributed by atoms with Gasteiger partial charge in [-0.1, -0.05) is 6.07 Å². The Morgan fingerprint density at radius 2 is 2.17 bits per heavy atom. The third kappa shape index (κ3) is 8.27. The number of carbonyl (C=O) groups is 1. The molecule has 1 aliphatic heterocycles. The average Bonchev–Trinajstić information content (AvgIpc) is 3.45. The first-order valence-electron chi connectivity index (χ1n) is 10.1. The van der Waals surface area contributed by atoms with Gasteiger partial charge in [0.05, 0.1) is 25.8 Å². The summed E-state index contributed by atoms with van der Waals surface area (Å²) >= 11 is 1.71. The normalized spacial score (nSPS) is 15.0.